The van der Waals surface area contributed by atoms with Gasteiger partial charge in [0.25, 0.3) is 0 Å². The van der Waals surface area contributed by atoms with Gasteiger partial charge in [0.15, 0.2) is 0 Å². The fourth-order valence-corrected chi connectivity index (χ4v) is 1.73. The molecule has 0 aliphatic carbocycles. The van der Waals surface area contributed by atoms with E-state index in [1.165, 1.54) is 24.5 Å². The molecule has 112 valence electrons. The summed E-state index contributed by atoms with van der Waals surface area (Å²) in [6.45, 7) is 3.91. The van der Waals surface area contributed by atoms with Crippen molar-refractivity contribution in [1.29, 1.82) is 0 Å². The first kappa shape index (κ1) is 15.2. The molecule has 0 N–H and O–H groups in total. The lowest BCUT2D eigenvalue weighted by Crippen LogP contribution is -2.10. The van der Waals surface area contributed by atoms with Gasteiger partial charge in [0.1, 0.15) is 11.3 Å². The van der Waals surface area contributed by atoms with E-state index in [0.717, 1.165) is 0 Å². The summed E-state index contributed by atoms with van der Waals surface area (Å²) in [6, 6.07) is 4.32. The Bertz CT molecular complexity index is 727. The first-order valence-corrected chi connectivity index (χ1v) is 6.26. The van der Waals surface area contributed by atoms with Gasteiger partial charge in [-0.05, 0) is 24.1 Å². The molecule has 1 heterocycles. The maximum absolute atomic E-state index is 12.9. The SMILES string of the molecule is CC(C)C=COc1ccc2c(C(F)(F)F)cc(=O)oc2c1. The number of rotatable bonds is 3. The normalized spacial score (nSPS) is 12.5. The predicted molar refractivity (Wildman–Crippen MR) is 72.1 cm³/mol. The largest absolute Gasteiger partial charge is 0.465 e. The first-order valence-electron chi connectivity index (χ1n) is 6.26. The molecule has 0 aliphatic rings. The minimum absolute atomic E-state index is 0.162. The van der Waals surface area contributed by atoms with Crippen LogP contribution in [0.1, 0.15) is 19.4 Å². The maximum atomic E-state index is 12.9. The summed E-state index contributed by atoms with van der Waals surface area (Å²) in [4.78, 5) is 11.2. The average Bonchev–Trinajstić information content (AvgIpc) is 2.35. The Hall–Kier alpha value is -2.24. The second kappa shape index (κ2) is 5.63. The van der Waals surface area contributed by atoms with E-state index in [2.05, 4.69) is 0 Å². The number of hydrogen-bond donors (Lipinski definition) is 0. The minimum Gasteiger partial charge on any atom is -0.465 e. The van der Waals surface area contributed by atoms with Crippen LogP contribution in [0.4, 0.5) is 13.2 Å². The lowest BCUT2D eigenvalue weighted by molar-refractivity contribution is -0.136. The molecule has 21 heavy (non-hydrogen) atoms. The summed E-state index contributed by atoms with van der Waals surface area (Å²) in [6.07, 6.45) is -1.39. The van der Waals surface area contributed by atoms with Gasteiger partial charge in [-0.2, -0.15) is 13.2 Å². The molecule has 0 spiro atoms. The zero-order valence-electron chi connectivity index (χ0n) is 11.4. The van der Waals surface area contributed by atoms with Crippen LogP contribution < -0.4 is 10.4 Å². The van der Waals surface area contributed by atoms with E-state index in [0.29, 0.717) is 11.8 Å². The van der Waals surface area contributed by atoms with E-state index in [1.54, 1.807) is 6.08 Å². The van der Waals surface area contributed by atoms with E-state index in [9.17, 15) is 18.0 Å². The van der Waals surface area contributed by atoms with Crippen LogP contribution in [-0.2, 0) is 6.18 Å². The number of allylic oxidation sites excluding steroid dienone is 1. The van der Waals surface area contributed by atoms with Crippen molar-refractivity contribution in [3.63, 3.8) is 0 Å². The molecule has 0 amide bonds. The zero-order chi connectivity index (χ0) is 15.6. The molecule has 0 fully saturated rings. The second-order valence-corrected chi connectivity index (χ2v) is 4.83. The Morgan fingerprint density at radius 1 is 1.24 bits per heavy atom. The highest BCUT2D eigenvalue weighted by atomic mass is 19.4. The molecule has 0 aliphatic heterocycles. The van der Waals surface area contributed by atoms with Gasteiger partial charge in [-0.1, -0.05) is 13.8 Å². The zero-order valence-corrected chi connectivity index (χ0v) is 11.4. The quantitative estimate of drug-likeness (QED) is 0.624. The summed E-state index contributed by atoms with van der Waals surface area (Å²) >= 11 is 0. The summed E-state index contributed by atoms with van der Waals surface area (Å²) in [5.41, 5.74) is -2.23. The molecule has 1 aromatic carbocycles. The summed E-state index contributed by atoms with van der Waals surface area (Å²) in [5.74, 6) is 0.571. The molecule has 0 unspecified atom stereocenters. The fourth-order valence-electron chi connectivity index (χ4n) is 1.73. The van der Waals surface area contributed by atoms with Crippen LogP contribution in [-0.4, -0.2) is 0 Å². The van der Waals surface area contributed by atoms with E-state index < -0.39 is 17.4 Å². The number of ether oxygens (including phenoxy) is 1. The summed E-state index contributed by atoms with van der Waals surface area (Å²) in [7, 11) is 0. The van der Waals surface area contributed by atoms with Crippen LogP contribution in [0.5, 0.6) is 5.75 Å². The molecule has 3 nitrogen and oxygen atoms in total. The molecule has 2 rings (SSSR count). The number of benzene rings is 1. The summed E-state index contributed by atoms with van der Waals surface area (Å²) in [5, 5.41) is -0.178. The monoisotopic (exact) mass is 298 g/mol. The predicted octanol–water partition coefficient (Wildman–Crippen LogP) is 4.36. The van der Waals surface area contributed by atoms with Crippen LogP contribution in [0.25, 0.3) is 11.0 Å². The lowest BCUT2D eigenvalue weighted by atomic mass is 10.1. The number of halogens is 3. The number of alkyl halides is 3. The first-order chi connectivity index (χ1) is 9.77. The minimum atomic E-state index is -4.62. The van der Waals surface area contributed by atoms with Gasteiger partial charge in [-0.15, -0.1) is 0 Å². The van der Waals surface area contributed by atoms with Gasteiger partial charge in [0, 0.05) is 17.5 Å². The molecular formula is C15H13F3O3. The smallest absolute Gasteiger partial charge is 0.417 e. The van der Waals surface area contributed by atoms with Gasteiger partial charge in [0.2, 0.25) is 0 Å². The van der Waals surface area contributed by atoms with Crippen molar-refractivity contribution in [2.45, 2.75) is 20.0 Å². The number of hydrogen-bond acceptors (Lipinski definition) is 3. The van der Waals surface area contributed by atoms with Crippen molar-refractivity contribution in [2.24, 2.45) is 5.92 Å². The van der Waals surface area contributed by atoms with E-state index in [1.807, 2.05) is 13.8 Å². The van der Waals surface area contributed by atoms with Crippen molar-refractivity contribution < 1.29 is 22.3 Å². The highest BCUT2D eigenvalue weighted by Crippen LogP contribution is 2.34. The number of fused-ring (bicyclic) bond motifs is 1. The third kappa shape index (κ3) is 3.65. The molecule has 0 atom stereocenters. The maximum Gasteiger partial charge on any atom is 0.417 e. The molecule has 0 saturated heterocycles. The Labute approximate surface area is 118 Å². The Morgan fingerprint density at radius 2 is 1.95 bits per heavy atom. The molecule has 0 radical (unpaired) electrons. The van der Waals surface area contributed by atoms with Crippen LogP contribution in [0.15, 0.2) is 45.8 Å². The van der Waals surface area contributed by atoms with Gasteiger partial charge in [-0.3, -0.25) is 0 Å². The highest BCUT2D eigenvalue weighted by molar-refractivity contribution is 5.82. The molecule has 0 saturated carbocycles. The highest BCUT2D eigenvalue weighted by Gasteiger charge is 2.33. The molecule has 2 aromatic rings. The van der Waals surface area contributed by atoms with Gasteiger partial charge >= 0.3 is 11.8 Å². The summed E-state index contributed by atoms with van der Waals surface area (Å²) < 4.78 is 48.7. The Balaban J connectivity index is 2.47. The van der Waals surface area contributed by atoms with Crippen molar-refractivity contribution >= 4 is 11.0 Å². The topological polar surface area (TPSA) is 39.4 Å². The lowest BCUT2D eigenvalue weighted by Gasteiger charge is -2.09. The van der Waals surface area contributed by atoms with Gasteiger partial charge in [-0.25, -0.2) is 4.79 Å². The van der Waals surface area contributed by atoms with E-state index >= 15 is 0 Å². The average molecular weight is 298 g/mol. The van der Waals surface area contributed by atoms with Crippen LogP contribution in [0.2, 0.25) is 0 Å². The van der Waals surface area contributed by atoms with Crippen LogP contribution in [0, 0.1) is 5.92 Å². The fraction of sp³-hybridized carbons (Fsp3) is 0.267. The van der Waals surface area contributed by atoms with Crippen LogP contribution in [0.3, 0.4) is 0 Å². The molecular weight excluding hydrogens is 285 g/mol. The molecule has 1 aromatic heterocycles. The Morgan fingerprint density at radius 3 is 2.57 bits per heavy atom. The van der Waals surface area contributed by atoms with E-state index in [-0.39, 0.29) is 16.9 Å². The van der Waals surface area contributed by atoms with Crippen molar-refractivity contribution in [3.05, 3.63) is 52.6 Å². The molecule has 6 heteroatoms. The Kier molecular flexibility index (Phi) is 4.06. The standard InChI is InChI=1S/C15H13F3O3/c1-9(2)5-6-20-10-3-4-11-12(15(16,17)18)8-14(19)21-13(11)7-10/h3-9H,1-2H3. The molecule has 0 bridgehead atoms. The van der Waals surface area contributed by atoms with Crippen molar-refractivity contribution in [2.75, 3.05) is 0 Å². The second-order valence-electron chi connectivity index (χ2n) is 4.83. The third-order valence-electron chi connectivity index (χ3n) is 2.69. The third-order valence-corrected chi connectivity index (χ3v) is 2.69. The van der Waals surface area contributed by atoms with Crippen molar-refractivity contribution in [3.8, 4) is 5.75 Å². The van der Waals surface area contributed by atoms with Crippen molar-refractivity contribution in [1.82, 2.24) is 0 Å². The van der Waals surface area contributed by atoms with Gasteiger partial charge in [0.05, 0.1) is 11.8 Å². The van der Waals surface area contributed by atoms with E-state index in [4.69, 9.17) is 9.15 Å². The van der Waals surface area contributed by atoms with Gasteiger partial charge < -0.3 is 9.15 Å². The van der Waals surface area contributed by atoms with Crippen LogP contribution >= 0.6 is 0 Å².